The van der Waals surface area contributed by atoms with Crippen LogP contribution in [-0.2, 0) is 9.53 Å². The number of rotatable bonds is 3. The number of fused-ring (bicyclic) bond motifs is 3. The lowest BCUT2D eigenvalue weighted by atomic mass is 9.91. The molecule has 5 nitrogen and oxygen atoms in total. The molecule has 1 saturated carbocycles. The van der Waals surface area contributed by atoms with Gasteiger partial charge in [-0.15, -0.1) is 11.6 Å². The van der Waals surface area contributed by atoms with Crippen molar-refractivity contribution < 1.29 is 19.4 Å². The van der Waals surface area contributed by atoms with Crippen molar-refractivity contribution >= 4 is 23.7 Å². The summed E-state index contributed by atoms with van der Waals surface area (Å²) in [5.41, 5.74) is 4.39. The second-order valence-electron chi connectivity index (χ2n) is 8.35. The molecule has 0 aromatic heterocycles. The molecule has 29 heavy (non-hydrogen) atoms. The van der Waals surface area contributed by atoms with Crippen molar-refractivity contribution in [1.82, 2.24) is 4.90 Å². The van der Waals surface area contributed by atoms with Gasteiger partial charge in [0.2, 0.25) is 0 Å². The topological polar surface area (TPSA) is 66.8 Å². The fraction of sp³-hybridized carbons (Fsp3) is 0.391. The van der Waals surface area contributed by atoms with Gasteiger partial charge in [0.05, 0.1) is 0 Å². The Hall–Kier alpha value is -2.53. The smallest absolute Gasteiger partial charge is 0.409 e. The van der Waals surface area contributed by atoms with E-state index in [1.165, 1.54) is 22.3 Å². The van der Waals surface area contributed by atoms with E-state index in [9.17, 15) is 14.7 Å². The lowest BCUT2D eigenvalue weighted by Gasteiger charge is -2.33. The molecule has 2 fully saturated rings. The molecule has 2 aliphatic carbocycles. The molecule has 1 N–H and O–H groups in total. The zero-order valence-corrected chi connectivity index (χ0v) is 16.7. The average Bonchev–Trinajstić information content (AvgIpc) is 3.19. The number of carbonyl (C=O) groups excluding carboxylic acids is 1. The number of ether oxygens (including phenoxy) is 1. The highest BCUT2D eigenvalue weighted by molar-refractivity contribution is 6.37. The van der Waals surface area contributed by atoms with Crippen LogP contribution in [0.25, 0.3) is 11.1 Å². The van der Waals surface area contributed by atoms with E-state index < -0.39 is 10.8 Å². The monoisotopic (exact) mass is 411 g/mol. The molecule has 1 saturated heterocycles. The van der Waals surface area contributed by atoms with Gasteiger partial charge in [0.1, 0.15) is 11.5 Å². The summed E-state index contributed by atoms with van der Waals surface area (Å²) in [6.07, 6.45) is 1.35. The summed E-state index contributed by atoms with van der Waals surface area (Å²) in [6.45, 7) is 1.26. The number of hydrogen-bond donors (Lipinski definition) is 1. The summed E-state index contributed by atoms with van der Waals surface area (Å²) >= 11 is 6.25. The van der Waals surface area contributed by atoms with Gasteiger partial charge < -0.3 is 14.7 Å². The third-order valence-electron chi connectivity index (χ3n) is 6.95. The summed E-state index contributed by atoms with van der Waals surface area (Å²) < 4.78 is 5.70. The molecule has 1 unspecified atom stereocenters. The lowest BCUT2D eigenvalue weighted by Crippen LogP contribution is -2.42. The second kappa shape index (κ2) is 6.49. The number of carboxylic acid groups (broad SMARTS) is 1. The largest absolute Gasteiger partial charge is 0.480 e. The third-order valence-corrected chi connectivity index (χ3v) is 7.65. The van der Waals surface area contributed by atoms with Gasteiger partial charge in [0, 0.05) is 24.4 Å². The molecule has 1 atom stereocenters. The number of carboxylic acids is 1. The van der Waals surface area contributed by atoms with Crippen molar-refractivity contribution in [2.24, 2.45) is 5.41 Å². The quantitative estimate of drug-likeness (QED) is 0.756. The first-order valence-corrected chi connectivity index (χ1v) is 10.4. The molecule has 3 aliphatic rings. The zero-order valence-electron chi connectivity index (χ0n) is 15.9. The maximum Gasteiger partial charge on any atom is 0.409 e. The molecule has 0 radical (unpaired) electrons. The predicted molar refractivity (Wildman–Crippen MR) is 109 cm³/mol. The van der Waals surface area contributed by atoms with E-state index in [1.54, 1.807) is 4.90 Å². The molecule has 150 valence electrons. The van der Waals surface area contributed by atoms with Crippen LogP contribution in [0.15, 0.2) is 48.5 Å². The van der Waals surface area contributed by atoms with Gasteiger partial charge >= 0.3 is 12.1 Å². The summed E-state index contributed by atoms with van der Waals surface area (Å²) in [5, 5.41) is 9.33. The fourth-order valence-electron chi connectivity index (χ4n) is 5.10. The molecule has 0 bridgehead atoms. The first-order valence-electron chi connectivity index (χ1n) is 9.97. The molecule has 6 heteroatoms. The van der Waals surface area contributed by atoms with E-state index in [2.05, 4.69) is 24.3 Å². The van der Waals surface area contributed by atoms with E-state index in [0.29, 0.717) is 39.0 Å². The molecule has 5 rings (SSSR count). The maximum absolute atomic E-state index is 12.7. The van der Waals surface area contributed by atoms with Crippen molar-refractivity contribution in [1.29, 1.82) is 0 Å². The molecule has 1 spiro atoms. The SMILES string of the molecule is O=C(OCC1c2ccccc2-c2ccccc21)N1CCC2(CC1)CC2(Cl)C(=O)O. The normalized spacial score (nSPS) is 24.1. The second-order valence-corrected chi connectivity index (χ2v) is 9.00. The Morgan fingerprint density at radius 2 is 1.59 bits per heavy atom. The maximum atomic E-state index is 12.7. The highest BCUT2D eigenvalue weighted by atomic mass is 35.5. The van der Waals surface area contributed by atoms with Gasteiger partial charge in [-0.2, -0.15) is 0 Å². The molecular weight excluding hydrogens is 390 g/mol. The highest BCUT2D eigenvalue weighted by Gasteiger charge is 2.71. The Kier molecular flexibility index (Phi) is 4.14. The van der Waals surface area contributed by atoms with Gasteiger partial charge in [0.25, 0.3) is 0 Å². The standard InChI is InChI=1S/C23H22ClNO4/c24-23(20(26)27)14-22(23)9-11-25(12-10-22)21(28)29-13-19-17-7-3-1-5-15(17)16-6-2-4-8-18(16)19/h1-8,19H,9-14H2,(H,26,27). The Bertz CT molecular complexity index is 952. The van der Waals surface area contributed by atoms with Gasteiger partial charge in [-0.05, 0) is 41.5 Å². The van der Waals surface area contributed by atoms with Crippen molar-refractivity contribution in [3.63, 3.8) is 0 Å². The number of alkyl halides is 1. The van der Waals surface area contributed by atoms with E-state index in [4.69, 9.17) is 16.3 Å². The lowest BCUT2D eigenvalue weighted by molar-refractivity contribution is -0.138. The average molecular weight is 412 g/mol. The minimum atomic E-state index is -1.15. The number of nitrogens with zero attached hydrogens (tertiary/aromatic N) is 1. The van der Waals surface area contributed by atoms with E-state index >= 15 is 0 Å². The van der Waals surface area contributed by atoms with Crippen LogP contribution < -0.4 is 0 Å². The fourth-order valence-corrected chi connectivity index (χ4v) is 5.54. The Balaban J connectivity index is 1.24. The Morgan fingerprint density at radius 3 is 2.10 bits per heavy atom. The molecular formula is C23H22ClNO4. The van der Waals surface area contributed by atoms with Gasteiger partial charge in [-0.3, -0.25) is 4.79 Å². The van der Waals surface area contributed by atoms with Crippen LogP contribution in [-0.4, -0.2) is 46.6 Å². The number of piperidine rings is 1. The Labute approximate surface area is 174 Å². The molecule has 2 aromatic rings. The number of halogens is 1. The van der Waals surface area contributed by atoms with Gasteiger partial charge in [0.15, 0.2) is 0 Å². The van der Waals surface area contributed by atoms with Crippen molar-refractivity contribution in [3.8, 4) is 11.1 Å². The van der Waals surface area contributed by atoms with Gasteiger partial charge in [-0.1, -0.05) is 48.5 Å². The zero-order chi connectivity index (χ0) is 20.2. The van der Waals surface area contributed by atoms with Crippen molar-refractivity contribution in [2.45, 2.75) is 30.1 Å². The van der Waals surface area contributed by atoms with Crippen molar-refractivity contribution in [2.75, 3.05) is 19.7 Å². The first kappa shape index (κ1) is 18.5. The van der Waals surface area contributed by atoms with Gasteiger partial charge in [-0.25, -0.2) is 4.79 Å². The number of amides is 1. The third kappa shape index (κ3) is 2.75. The van der Waals surface area contributed by atoms with Crippen LogP contribution in [0.4, 0.5) is 4.79 Å². The molecule has 1 amide bonds. The number of likely N-dealkylation sites (tertiary alicyclic amines) is 1. The Morgan fingerprint density at radius 1 is 1.03 bits per heavy atom. The van der Waals surface area contributed by atoms with Crippen LogP contribution in [0.1, 0.15) is 36.3 Å². The number of aliphatic carboxylic acids is 1. The van der Waals surface area contributed by atoms with E-state index in [-0.39, 0.29) is 17.4 Å². The van der Waals surface area contributed by atoms with E-state index in [1.807, 2.05) is 24.3 Å². The molecule has 1 aliphatic heterocycles. The summed E-state index contributed by atoms with van der Waals surface area (Å²) in [5.74, 6) is -0.915. The van der Waals surface area contributed by atoms with Crippen molar-refractivity contribution in [3.05, 3.63) is 59.7 Å². The number of carbonyl (C=O) groups is 2. The molecule has 1 heterocycles. The molecule has 2 aromatic carbocycles. The summed E-state index contributed by atoms with van der Waals surface area (Å²) in [4.78, 5) is 24.6. The minimum absolute atomic E-state index is 0.0356. The van der Waals surface area contributed by atoms with E-state index in [0.717, 1.165) is 0 Å². The minimum Gasteiger partial charge on any atom is -0.480 e. The highest BCUT2D eigenvalue weighted by Crippen LogP contribution is 2.66. The first-order chi connectivity index (χ1) is 14.0. The van der Waals surface area contributed by atoms with Crippen LogP contribution in [0.2, 0.25) is 0 Å². The van der Waals surface area contributed by atoms with Crippen LogP contribution in [0.5, 0.6) is 0 Å². The predicted octanol–water partition coefficient (Wildman–Crippen LogP) is 4.48. The van der Waals surface area contributed by atoms with Crippen LogP contribution in [0.3, 0.4) is 0 Å². The number of benzene rings is 2. The van der Waals surface area contributed by atoms with Crippen LogP contribution in [0, 0.1) is 5.41 Å². The van der Waals surface area contributed by atoms with Crippen LogP contribution >= 0.6 is 11.6 Å². The number of hydrogen-bond acceptors (Lipinski definition) is 3. The summed E-state index contributed by atoms with van der Waals surface area (Å²) in [7, 11) is 0. The summed E-state index contributed by atoms with van der Waals surface area (Å²) in [6, 6.07) is 16.5.